The van der Waals surface area contributed by atoms with Crippen LogP contribution >= 0.6 is 11.5 Å². The lowest BCUT2D eigenvalue weighted by molar-refractivity contribution is 1.31. The molecule has 0 aromatic carbocycles. The highest BCUT2D eigenvalue weighted by molar-refractivity contribution is 7.03. The lowest BCUT2D eigenvalue weighted by Gasteiger charge is -1.74. The van der Waals surface area contributed by atoms with E-state index in [1.54, 1.807) is 5.38 Å². The van der Waals surface area contributed by atoms with E-state index in [9.17, 15) is 0 Å². The summed E-state index contributed by atoms with van der Waals surface area (Å²) in [6.07, 6.45) is 0. The molecule has 3 heteroatoms. The summed E-state index contributed by atoms with van der Waals surface area (Å²) >= 11 is 1.32. The molecule has 0 atom stereocenters. The Labute approximate surface area is 51.6 Å². The SMILES string of the molecule is Cc1nscc1C#N. The molecule has 0 aliphatic carbocycles. The third-order valence-corrected chi connectivity index (χ3v) is 1.59. The zero-order chi connectivity index (χ0) is 5.98. The van der Waals surface area contributed by atoms with Gasteiger partial charge in [0, 0.05) is 5.38 Å². The van der Waals surface area contributed by atoms with E-state index >= 15 is 0 Å². The van der Waals surface area contributed by atoms with Crippen molar-refractivity contribution >= 4 is 11.5 Å². The summed E-state index contributed by atoms with van der Waals surface area (Å²) in [7, 11) is 0. The van der Waals surface area contributed by atoms with E-state index in [0.29, 0.717) is 5.56 Å². The zero-order valence-electron chi connectivity index (χ0n) is 4.38. The minimum atomic E-state index is 0.690. The highest BCUT2D eigenvalue weighted by Crippen LogP contribution is 2.05. The fraction of sp³-hybridized carbons (Fsp3) is 0.200. The number of aromatic nitrogens is 1. The van der Waals surface area contributed by atoms with Gasteiger partial charge in [-0.25, -0.2) is 0 Å². The van der Waals surface area contributed by atoms with Gasteiger partial charge in [-0.2, -0.15) is 9.64 Å². The van der Waals surface area contributed by atoms with Gasteiger partial charge in [0.25, 0.3) is 0 Å². The van der Waals surface area contributed by atoms with Gasteiger partial charge in [0.15, 0.2) is 0 Å². The summed E-state index contributed by atoms with van der Waals surface area (Å²) in [5, 5.41) is 10.1. The first-order valence-electron chi connectivity index (χ1n) is 2.15. The molecule has 0 amide bonds. The molecule has 0 bridgehead atoms. The summed E-state index contributed by atoms with van der Waals surface area (Å²) in [5.74, 6) is 0. The van der Waals surface area contributed by atoms with Gasteiger partial charge in [-0.15, -0.1) is 0 Å². The number of nitriles is 1. The van der Waals surface area contributed by atoms with Crippen molar-refractivity contribution in [2.24, 2.45) is 0 Å². The third-order valence-electron chi connectivity index (χ3n) is 0.870. The predicted molar refractivity (Wildman–Crippen MR) is 31.6 cm³/mol. The number of hydrogen-bond donors (Lipinski definition) is 0. The molecule has 0 unspecified atom stereocenters. The van der Waals surface area contributed by atoms with Crippen molar-refractivity contribution in [1.29, 1.82) is 5.26 Å². The normalized spacial score (nSPS) is 8.50. The summed E-state index contributed by atoms with van der Waals surface area (Å²) in [4.78, 5) is 0. The van der Waals surface area contributed by atoms with Crippen LogP contribution in [0, 0.1) is 18.3 Å². The number of rotatable bonds is 0. The Balaban J connectivity index is 3.15. The van der Waals surface area contributed by atoms with Gasteiger partial charge in [0.1, 0.15) is 6.07 Å². The highest BCUT2D eigenvalue weighted by Gasteiger charge is 1.95. The Morgan fingerprint density at radius 1 is 1.88 bits per heavy atom. The van der Waals surface area contributed by atoms with Crippen LogP contribution in [0.15, 0.2) is 5.38 Å². The molecule has 0 radical (unpaired) electrons. The molecule has 0 spiro atoms. The van der Waals surface area contributed by atoms with Crippen LogP contribution in [-0.4, -0.2) is 4.37 Å². The minimum Gasteiger partial charge on any atom is -0.197 e. The number of aryl methyl sites for hydroxylation is 1. The fourth-order valence-electron chi connectivity index (χ4n) is 0.400. The maximum absolute atomic E-state index is 8.32. The molecular formula is C5H4N2S. The highest BCUT2D eigenvalue weighted by atomic mass is 32.1. The van der Waals surface area contributed by atoms with Crippen LogP contribution in [0.2, 0.25) is 0 Å². The van der Waals surface area contributed by atoms with Crippen LogP contribution in [0.5, 0.6) is 0 Å². The molecule has 0 aliphatic rings. The van der Waals surface area contributed by atoms with Crippen molar-refractivity contribution in [3.8, 4) is 6.07 Å². The summed E-state index contributed by atoms with van der Waals surface area (Å²) in [6, 6.07) is 2.02. The van der Waals surface area contributed by atoms with Gasteiger partial charge in [-0.05, 0) is 18.5 Å². The van der Waals surface area contributed by atoms with Crippen molar-refractivity contribution in [2.45, 2.75) is 6.92 Å². The number of nitrogens with zero attached hydrogens (tertiary/aromatic N) is 2. The summed E-state index contributed by atoms with van der Waals surface area (Å²) < 4.78 is 3.91. The van der Waals surface area contributed by atoms with E-state index in [0.717, 1.165) is 5.69 Å². The molecule has 0 fully saturated rings. The molecular weight excluding hydrogens is 120 g/mol. The average molecular weight is 124 g/mol. The molecule has 8 heavy (non-hydrogen) atoms. The molecule has 1 aromatic heterocycles. The van der Waals surface area contributed by atoms with Gasteiger partial charge in [0.05, 0.1) is 11.3 Å². The quantitative estimate of drug-likeness (QED) is 0.523. The average Bonchev–Trinajstić information content (AvgIpc) is 2.14. The Hall–Kier alpha value is -0.880. The second-order valence-electron chi connectivity index (χ2n) is 1.43. The van der Waals surface area contributed by atoms with Gasteiger partial charge in [-0.3, -0.25) is 0 Å². The van der Waals surface area contributed by atoms with Crippen molar-refractivity contribution in [3.63, 3.8) is 0 Å². The van der Waals surface area contributed by atoms with Crippen molar-refractivity contribution < 1.29 is 0 Å². The van der Waals surface area contributed by atoms with E-state index in [1.807, 2.05) is 13.0 Å². The van der Waals surface area contributed by atoms with Crippen LogP contribution < -0.4 is 0 Å². The lowest BCUT2D eigenvalue weighted by atomic mass is 10.3. The molecule has 0 saturated heterocycles. The van der Waals surface area contributed by atoms with Crippen molar-refractivity contribution in [1.82, 2.24) is 4.37 Å². The minimum absolute atomic E-state index is 0.690. The van der Waals surface area contributed by atoms with Gasteiger partial charge < -0.3 is 0 Å². The lowest BCUT2D eigenvalue weighted by Crippen LogP contribution is -1.71. The van der Waals surface area contributed by atoms with E-state index in [2.05, 4.69) is 4.37 Å². The third kappa shape index (κ3) is 0.703. The molecule has 2 nitrogen and oxygen atoms in total. The molecule has 0 aliphatic heterocycles. The molecule has 1 rings (SSSR count). The first-order valence-corrected chi connectivity index (χ1v) is 2.99. The Kier molecular flexibility index (Phi) is 1.27. The standard InChI is InChI=1S/C5H4N2S/c1-4-5(2-6)3-8-7-4/h3H,1H3. The van der Waals surface area contributed by atoms with Gasteiger partial charge in [-0.1, -0.05) is 0 Å². The van der Waals surface area contributed by atoms with Gasteiger partial charge in [0.2, 0.25) is 0 Å². The number of hydrogen-bond acceptors (Lipinski definition) is 3. The molecule has 40 valence electrons. The smallest absolute Gasteiger partial charge is 0.102 e. The Morgan fingerprint density at radius 2 is 2.62 bits per heavy atom. The van der Waals surface area contributed by atoms with E-state index < -0.39 is 0 Å². The Morgan fingerprint density at radius 3 is 2.88 bits per heavy atom. The fourth-order valence-corrected chi connectivity index (χ4v) is 1.04. The van der Waals surface area contributed by atoms with E-state index in [4.69, 9.17) is 5.26 Å². The Bertz CT molecular complexity index is 221. The molecule has 0 saturated carbocycles. The zero-order valence-corrected chi connectivity index (χ0v) is 5.20. The maximum atomic E-state index is 8.32. The monoisotopic (exact) mass is 124 g/mol. The first-order chi connectivity index (χ1) is 3.84. The van der Waals surface area contributed by atoms with Crippen LogP contribution in [0.3, 0.4) is 0 Å². The van der Waals surface area contributed by atoms with Crippen molar-refractivity contribution in [2.75, 3.05) is 0 Å². The maximum Gasteiger partial charge on any atom is 0.102 e. The molecule has 1 heterocycles. The second kappa shape index (κ2) is 1.93. The first kappa shape index (κ1) is 5.26. The van der Waals surface area contributed by atoms with E-state index in [-0.39, 0.29) is 0 Å². The molecule has 0 N–H and O–H groups in total. The van der Waals surface area contributed by atoms with Crippen LogP contribution in [-0.2, 0) is 0 Å². The molecule has 1 aromatic rings. The van der Waals surface area contributed by atoms with Crippen molar-refractivity contribution in [3.05, 3.63) is 16.6 Å². The topological polar surface area (TPSA) is 36.7 Å². The summed E-state index contributed by atoms with van der Waals surface area (Å²) in [5.41, 5.74) is 1.52. The largest absolute Gasteiger partial charge is 0.197 e. The van der Waals surface area contributed by atoms with Crippen LogP contribution in [0.25, 0.3) is 0 Å². The second-order valence-corrected chi connectivity index (χ2v) is 2.05. The van der Waals surface area contributed by atoms with E-state index in [1.165, 1.54) is 11.5 Å². The van der Waals surface area contributed by atoms with Gasteiger partial charge >= 0.3 is 0 Å². The predicted octanol–water partition coefficient (Wildman–Crippen LogP) is 1.32. The summed E-state index contributed by atoms with van der Waals surface area (Å²) in [6.45, 7) is 1.83. The van der Waals surface area contributed by atoms with Crippen LogP contribution in [0.4, 0.5) is 0 Å². The van der Waals surface area contributed by atoms with Crippen LogP contribution in [0.1, 0.15) is 11.3 Å².